The Morgan fingerprint density at radius 2 is 1.97 bits per heavy atom. The van der Waals surface area contributed by atoms with E-state index in [9.17, 15) is 0 Å². The first-order valence-corrected chi connectivity index (χ1v) is 11.4. The van der Waals surface area contributed by atoms with Gasteiger partial charge in [0.2, 0.25) is 5.89 Å². The van der Waals surface area contributed by atoms with Gasteiger partial charge >= 0.3 is 0 Å². The fraction of sp³-hybridized carbons (Fsp3) is 0.304. The molecule has 5 rings (SSSR count). The third-order valence-corrected chi connectivity index (χ3v) is 5.98. The largest absolute Gasteiger partial charge is 0.494 e. The van der Waals surface area contributed by atoms with Gasteiger partial charge in [-0.25, -0.2) is 0 Å². The van der Waals surface area contributed by atoms with Crippen molar-refractivity contribution >= 4 is 11.8 Å². The van der Waals surface area contributed by atoms with Gasteiger partial charge in [-0.05, 0) is 57.0 Å². The summed E-state index contributed by atoms with van der Waals surface area (Å²) in [5.41, 5.74) is 3.16. The Hall–Kier alpha value is -3.13. The van der Waals surface area contributed by atoms with E-state index in [1.54, 1.807) is 11.8 Å². The fourth-order valence-corrected chi connectivity index (χ4v) is 4.17. The van der Waals surface area contributed by atoms with E-state index in [-0.39, 0.29) is 0 Å². The molecule has 1 aliphatic carbocycles. The maximum absolute atomic E-state index is 5.60. The van der Waals surface area contributed by atoms with Crippen LogP contribution in [-0.2, 0) is 5.75 Å². The molecule has 2 heterocycles. The molecule has 0 amide bonds. The summed E-state index contributed by atoms with van der Waals surface area (Å²) in [5.74, 6) is 4.09. The van der Waals surface area contributed by atoms with Crippen LogP contribution in [-0.4, -0.2) is 31.5 Å². The minimum Gasteiger partial charge on any atom is -0.494 e. The van der Waals surface area contributed by atoms with E-state index in [4.69, 9.17) is 9.26 Å². The average Bonchev–Trinajstić information content (AvgIpc) is 3.37. The third kappa shape index (κ3) is 4.34. The summed E-state index contributed by atoms with van der Waals surface area (Å²) in [6.45, 7) is 4.68. The van der Waals surface area contributed by atoms with Gasteiger partial charge in [0.1, 0.15) is 5.75 Å². The molecule has 7 nitrogen and oxygen atoms in total. The van der Waals surface area contributed by atoms with Gasteiger partial charge in [0.05, 0.1) is 12.4 Å². The molecule has 0 radical (unpaired) electrons. The van der Waals surface area contributed by atoms with E-state index in [2.05, 4.69) is 50.0 Å². The predicted molar refractivity (Wildman–Crippen MR) is 119 cm³/mol. The molecule has 0 unspecified atom stereocenters. The minimum atomic E-state index is 0.451. The molecule has 158 valence electrons. The quantitative estimate of drug-likeness (QED) is 0.354. The van der Waals surface area contributed by atoms with Gasteiger partial charge < -0.3 is 9.26 Å². The monoisotopic (exact) mass is 433 g/mol. The lowest BCUT2D eigenvalue weighted by atomic mass is 10.1. The summed E-state index contributed by atoms with van der Waals surface area (Å²) in [7, 11) is 0. The van der Waals surface area contributed by atoms with Crippen LogP contribution in [0.5, 0.6) is 5.75 Å². The van der Waals surface area contributed by atoms with E-state index in [0.717, 1.165) is 46.7 Å². The molecular weight excluding hydrogens is 410 g/mol. The number of nitrogens with zero attached hydrogens (tertiary/aromatic N) is 5. The molecule has 2 aromatic heterocycles. The van der Waals surface area contributed by atoms with Crippen molar-refractivity contribution in [1.82, 2.24) is 24.9 Å². The van der Waals surface area contributed by atoms with Crippen molar-refractivity contribution in [2.45, 2.75) is 43.5 Å². The van der Waals surface area contributed by atoms with Crippen LogP contribution in [0.25, 0.3) is 17.1 Å². The maximum atomic E-state index is 5.60. The Balaban J connectivity index is 1.47. The van der Waals surface area contributed by atoms with Crippen LogP contribution in [0, 0.1) is 6.92 Å². The molecular formula is C23H23N5O2S. The van der Waals surface area contributed by atoms with Crippen molar-refractivity contribution in [2.75, 3.05) is 6.61 Å². The molecule has 1 fully saturated rings. The van der Waals surface area contributed by atoms with Gasteiger partial charge in [0.25, 0.3) is 0 Å². The van der Waals surface area contributed by atoms with Crippen molar-refractivity contribution in [3.8, 4) is 22.8 Å². The highest BCUT2D eigenvalue weighted by atomic mass is 32.2. The van der Waals surface area contributed by atoms with Crippen molar-refractivity contribution in [3.05, 3.63) is 65.8 Å². The zero-order chi connectivity index (χ0) is 21.2. The zero-order valence-corrected chi connectivity index (χ0v) is 18.3. The molecule has 1 aliphatic rings. The molecule has 31 heavy (non-hydrogen) atoms. The first-order chi connectivity index (χ1) is 15.2. The SMILES string of the molecule is CCOc1ccc(-n2c(SCc3noc(C4CC4)n3)nnc2-c2cccc(C)c2)cc1. The summed E-state index contributed by atoms with van der Waals surface area (Å²) in [6.07, 6.45) is 2.28. The summed E-state index contributed by atoms with van der Waals surface area (Å²) < 4.78 is 13.0. The van der Waals surface area contributed by atoms with Crippen LogP contribution in [0.1, 0.15) is 43.0 Å². The fourth-order valence-electron chi connectivity index (χ4n) is 3.38. The molecule has 2 aromatic carbocycles. The van der Waals surface area contributed by atoms with Crippen molar-refractivity contribution < 1.29 is 9.26 Å². The second kappa shape index (κ2) is 8.55. The smallest absolute Gasteiger partial charge is 0.229 e. The molecule has 0 aliphatic heterocycles. The van der Waals surface area contributed by atoms with E-state index in [0.29, 0.717) is 24.1 Å². The molecule has 0 atom stereocenters. The Morgan fingerprint density at radius 3 is 2.71 bits per heavy atom. The van der Waals surface area contributed by atoms with Crippen LogP contribution in [0.4, 0.5) is 0 Å². The molecule has 1 saturated carbocycles. The molecule has 0 N–H and O–H groups in total. The molecule has 0 spiro atoms. The van der Waals surface area contributed by atoms with Crippen molar-refractivity contribution in [3.63, 3.8) is 0 Å². The number of hydrogen-bond donors (Lipinski definition) is 0. The van der Waals surface area contributed by atoms with Gasteiger partial charge in [-0.3, -0.25) is 4.57 Å². The standard InChI is InChI=1S/C23H23N5O2S/c1-3-29-19-11-9-18(10-12-19)28-21(17-6-4-5-15(2)13-17)25-26-23(28)31-14-20-24-22(30-27-20)16-7-8-16/h4-6,9-13,16H,3,7-8,14H2,1-2H3. The lowest BCUT2D eigenvalue weighted by Crippen LogP contribution is -2.01. The number of ether oxygens (including phenoxy) is 1. The zero-order valence-electron chi connectivity index (χ0n) is 17.5. The highest BCUT2D eigenvalue weighted by Gasteiger charge is 2.29. The van der Waals surface area contributed by atoms with E-state index in [1.807, 2.05) is 37.3 Å². The van der Waals surface area contributed by atoms with Crippen LogP contribution in [0.2, 0.25) is 0 Å². The lowest BCUT2D eigenvalue weighted by Gasteiger charge is -2.11. The Kier molecular flexibility index (Phi) is 5.46. The topological polar surface area (TPSA) is 78.9 Å². The Morgan fingerprint density at radius 1 is 1.13 bits per heavy atom. The first-order valence-electron chi connectivity index (χ1n) is 10.4. The highest BCUT2D eigenvalue weighted by molar-refractivity contribution is 7.98. The molecule has 4 aromatic rings. The maximum Gasteiger partial charge on any atom is 0.229 e. The minimum absolute atomic E-state index is 0.451. The molecule has 0 bridgehead atoms. The van der Waals surface area contributed by atoms with Gasteiger partial charge in [-0.15, -0.1) is 10.2 Å². The van der Waals surface area contributed by atoms with Gasteiger partial charge in [0, 0.05) is 17.2 Å². The van der Waals surface area contributed by atoms with Gasteiger partial charge in [-0.1, -0.05) is 40.7 Å². The number of aryl methyl sites for hydroxylation is 1. The van der Waals surface area contributed by atoms with Crippen LogP contribution in [0.3, 0.4) is 0 Å². The summed E-state index contributed by atoms with van der Waals surface area (Å²) in [4.78, 5) is 4.53. The molecule has 0 saturated heterocycles. The number of aromatic nitrogens is 5. The number of thioether (sulfide) groups is 1. The summed E-state index contributed by atoms with van der Waals surface area (Å²) in [5, 5.41) is 13.9. The second-order valence-electron chi connectivity index (χ2n) is 7.55. The van der Waals surface area contributed by atoms with Crippen LogP contribution >= 0.6 is 11.8 Å². The van der Waals surface area contributed by atoms with Gasteiger partial charge in [0.15, 0.2) is 16.8 Å². The van der Waals surface area contributed by atoms with Crippen molar-refractivity contribution in [2.24, 2.45) is 0 Å². The first kappa shape index (κ1) is 19.8. The third-order valence-electron chi connectivity index (χ3n) is 5.06. The van der Waals surface area contributed by atoms with E-state index >= 15 is 0 Å². The number of benzene rings is 2. The molecule has 8 heteroatoms. The van der Waals surface area contributed by atoms with Gasteiger partial charge in [-0.2, -0.15) is 4.98 Å². The highest BCUT2D eigenvalue weighted by Crippen LogP contribution is 2.39. The predicted octanol–water partition coefficient (Wildman–Crippen LogP) is 5.19. The Bertz CT molecular complexity index is 1180. The van der Waals surface area contributed by atoms with Crippen LogP contribution in [0.15, 0.2) is 58.2 Å². The Labute approximate surface area is 184 Å². The van der Waals surface area contributed by atoms with Crippen LogP contribution < -0.4 is 4.74 Å². The van der Waals surface area contributed by atoms with E-state index < -0.39 is 0 Å². The number of rotatable bonds is 8. The average molecular weight is 434 g/mol. The van der Waals surface area contributed by atoms with Crippen molar-refractivity contribution in [1.29, 1.82) is 0 Å². The summed E-state index contributed by atoms with van der Waals surface area (Å²) >= 11 is 1.55. The lowest BCUT2D eigenvalue weighted by molar-refractivity contribution is 0.340. The second-order valence-corrected chi connectivity index (χ2v) is 8.49. The number of hydrogen-bond acceptors (Lipinski definition) is 7. The van der Waals surface area contributed by atoms with E-state index in [1.165, 1.54) is 5.56 Å². The summed E-state index contributed by atoms with van der Waals surface area (Å²) in [6, 6.07) is 16.3. The normalized spacial score (nSPS) is 13.5.